The number of aromatic nitrogens is 2. The van der Waals surface area contributed by atoms with Gasteiger partial charge in [-0.15, -0.1) is 0 Å². The van der Waals surface area contributed by atoms with E-state index in [-0.39, 0.29) is 5.76 Å². The summed E-state index contributed by atoms with van der Waals surface area (Å²) in [5.74, 6) is -0.194. The maximum atomic E-state index is 12.0. The molecule has 0 saturated carbocycles. The fraction of sp³-hybridized carbons (Fsp3) is 0.0870. The van der Waals surface area contributed by atoms with Crippen molar-refractivity contribution in [1.29, 1.82) is 0 Å². The SMILES string of the molecule is Cc1ccc(-c2nn(Cc3ccccc3)cc2/C=N\NC(=O)c2ccco2)cc1. The van der Waals surface area contributed by atoms with Gasteiger partial charge in [0.05, 0.1) is 19.0 Å². The second-order valence-electron chi connectivity index (χ2n) is 6.66. The minimum absolute atomic E-state index is 0.209. The number of amides is 1. The monoisotopic (exact) mass is 384 g/mol. The van der Waals surface area contributed by atoms with Crippen LogP contribution in [0.2, 0.25) is 0 Å². The van der Waals surface area contributed by atoms with E-state index in [0.717, 1.165) is 22.4 Å². The first-order valence-corrected chi connectivity index (χ1v) is 9.24. The van der Waals surface area contributed by atoms with E-state index in [1.807, 2.05) is 60.3 Å². The molecule has 6 heteroatoms. The van der Waals surface area contributed by atoms with Crippen molar-refractivity contribution in [3.8, 4) is 11.3 Å². The number of aryl methyl sites for hydroxylation is 1. The Kier molecular flexibility index (Phi) is 5.33. The van der Waals surface area contributed by atoms with Crippen LogP contribution in [-0.2, 0) is 6.54 Å². The predicted molar refractivity (Wildman–Crippen MR) is 112 cm³/mol. The topological polar surface area (TPSA) is 72.4 Å². The summed E-state index contributed by atoms with van der Waals surface area (Å²) in [4.78, 5) is 12.0. The number of hydrogen-bond acceptors (Lipinski definition) is 4. The summed E-state index contributed by atoms with van der Waals surface area (Å²) in [6.07, 6.45) is 4.97. The maximum Gasteiger partial charge on any atom is 0.307 e. The Morgan fingerprint density at radius 2 is 1.90 bits per heavy atom. The molecule has 2 heterocycles. The molecule has 1 amide bonds. The largest absolute Gasteiger partial charge is 0.459 e. The van der Waals surface area contributed by atoms with Gasteiger partial charge >= 0.3 is 5.91 Å². The van der Waals surface area contributed by atoms with Crippen molar-refractivity contribution in [1.82, 2.24) is 15.2 Å². The third-order valence-corrected chi connectivity index (χ3v) is 4.42. The maximum absolute atomic E-state index is 12.0. The van der Waals surface area contributed by atoms with E-state index >= 15 is 0 Å². The van der Waals surface area contributed by atoms with E-state index in [4.69, 9.17) is 9.52 Å². The first-order valence-electron chi connectivity index (χ1n) is 9.24. The molecule has 0 spiro atoms. The van der Waals surface area contributed by atoms with Gasteiger partial charge in [-0.2, -0.15) is 10.2 Å². The second-order valence-corrected chi connectivity index (χ2v) is 6.66. The van der Waals surface area contributed by atoms with Gasteiger partial charge in [-0.3, -0.25) is 9.48 Å². The van der Waals surface area contributed by atoms with Crippen LogP contribution in [0.1, 0.15) is 27.2 Å². The van der Waals surface area contributed by atoms with Crippen LogP contribution < -0.4 is 5.43 Å². The molecule has 29 heavy (non-hydrogen) atoms. The number of nitrogens with one attached hydrogen (secondary N) is 1. The van der Waals surface area contributed by atoms with Gasteiger partial charge in [0.15, 0.2) is 5.76 Å². The smallest absolute Gasteiger partial charge is 0.307 e. The van der Waals surface area contributed by atoms with Crippen LogP contribution in [-0.4, -0.2) is 21.9 Å². The molecule has 0 atom stereocenters. The first-order chi connectivity index (χ1) is 14.2. The Morgan fingerprint density at radius 3 is 2.62 bits per heavy atom. The molecular weight excluding hydrogens is 364 g/mol. The number of carbonyl (C=O) groups is 1. The standard InChI is InChI=1S/C23H20N4O2/c1-17-9-11-19(12-10-17)22-20(14-24-25-23(28)21-8-5-13-29-21)16-27(26-22)15-18-6-3-2-4-7-18/h2-14,16H,15H2,1H3,(H,25,28)/b24-14-. The molecule has 0 fully saturated rings. The molecule has 0 unspecified atom stereocenters. The van der Waals surface area contributed by atoms with Crippen molar-refractivity contribution in [3.63, 3.8) is 0 Å². The number of rotatable bonds is 6. The molecule has 1 N–H and O–H groups in total. The van der Waals surface area contributed by atoms with Crippen molar-refractivity contribution in [2.45, 2.75) is 13.5 Å². The summed E-state index contributed by atoms with van der Waals surface area (Å²) >= 11 is 0. The fourth-order valence-corrected chi connectivity index (χ4v) is 2.94. The van der Waals surface area contributed by atoms with Crippen LogP contribution in [0.25, 0.3) is 11.3 Å². The Hall–Kier alpha value is -3.93. The number of hydrazone groups is 1. The summed E-state index contributed by atoms with van der Waals surface area (Å²) < 4.78 is 6.95. The van der Waals surface area contributed by atoms with Crippen molar-refractivity contribution >= 4 is 12.1 Å². The number of carbonyl (C=O) groups excluding carboxylic acids is 1. The Morgan fingerprint density at radius 1 is 1.10 bits per heavy atom. The minimum atomic E-state index is -0.403. The molecule has 0 aliphatic heterocycles. The molecule has 6 nitrogen and oxygen atoms in total. The highest BCUT2D eigenvalue weighted by Gasteiger charge is 2.11. The van der Waals surface area contributed by atoms with Gasteiger partial charge < -0.3 is 4.42 Å². The van der Waals surface area contributed by atoms with E-state index < -0.39 is 5.91 Å². The van der Waals surface area contributed by atoms with E-state index in [1.54, 1.807) is 18.3 Å². The zero-order valence-corrected chi connectivity index (χ0v) is 15.9. The highest BCUT2D eigenvalue weighted by Crippen LogP contribution is 2.22. The van der Waals surface area contributed by atoms with Crippen molar-refractivity contribution < 1.29 is 9.21 Å². The highest BCUT2D eigenvalue weighted by atomic mass is 16.3. The van der Waals surface area contributed by atoms with Gasteiger partial charge in [0.2, 0.25) is 0 Å². The number of hydrogen-bond donors (Lipinski definition) is 1. The summed E-state index contributed by atoms with van der Waals surface area (Å²) in [7, 11) is 0. The molecule has 0 saturated heterocycles. The lowest BCUT2D eigenvalue weighted by Gasteiger charge is -2.02. The zero-order chi connectivity index (χ0) is 20.1. The Balaban J connectivity index is 1.60. The zero-order valence-electron chi connectivity index (χ0n) is 15.9. The van der Waals surface area contributed by atoms with E-state index in [0.29, 0.717) is 6.54 Å². The fourth-order valence-electron chi connectivity index (χ4n) is 2.94. The number of benzene rings is 2. The third-order valence-electron chi connectivity index (χ3n) is 4.42. The van der Waals surface area contributed by atoms with E-state index in [9.17, 15) is 4.79 Å². The average Bonchev–Trinajstić information content (AvgIpc) is 3.40. The number of nitrogens with zero attached hydrogens (tertiary/aromatic N) is 3. The lowest BCUT2D eigenvalue weighted by atomic mass is 10.1. The third kappa shape index (κ3) is 4.50. The molecule has 2 aromatic heterocycles. The van der Waals surface area contributed by atoms with Gasteiger partial charge in [0.1, 0.15) is 5.69 Å². The van der Waals surface area contributed by atoms with Crippen LogP contribution in [0, 0.1) is 6.92 Å². The van der Waals surface area contributed by atoms with Crippen LogP contribution in [0.5, 0.6) is 0 Å². The molecule has 4 rings (SSSR count). The molecule has 4 aromatic rings. The average molecular weight is 384 g/mol. The van der Waals surface area contributed by atoms with Crippen molar-refractivity contribution in [3.05, 3.63) is 102 Å². The first kappa shape index (κ1) is 18.4. The Labute approximate surface area is 168 Å². The molecule has 0 radical (unpaired) electrons. The van der Waals surface area contributed by atoms with Gasteiger partial charge in [-0.05, 0) is 24.6 Å². The number of furan rings is 1. The van der Waals surface area contributed by atoms with Crippen LogP contribution in [0.3, 0.4) is 0 Å². The van der Waals surface area contributed by atoms with Crippen molar-refractivity contribution in [2.24, 2.45) is 5.10 Å². The Bertz CT molecular complexity index is 1110. The summed E-state index contributed by atoms with van der Waals surface area (Å²) in [6.45, 7) is 2.69. The van der Waals surface area contributed by atoms with Crippen LogP contribution >= 0.6 is 0 Å². The lowest BCUT2D eigenvalue weighted by Crippen LogP contribution is -2.16. The lowest BCUT2D eigenvalue weighted by molar-refractivity contribution is 0.0927. The van der Waals surface area contributed by atoms with E-state index in [2.05, 4.69) is 22.7 Å². The molecule has 2 aromatic carbocycles. The van der Waals surface area contributed by atoms with Crippen LogP contribution in [0.4, 0.5) is 0 Å². The summed E-state index contributed by atoms with van der Waals surface area (Å²) in [6, 6.07) is 21.5. The molecular formula is C23H20N4O2. The molecule has 0 aliphatic carbocycles. The molecule has 0 bridgehead atoms. The second kappa shape index (κ2) is 8.39. The summed E-state index contributed by atoms with van der Waals surface area (Å²) in [5.41, 5.74) is 7.41. The van der Waals surface area contributed by atoms with Gasteiger partial charge in [0, 0.05) is 17.3 Å². The highest BCUT2D eigenvalue weighted by molar-refractivity contribution is 5.93. The molecule has 0 aliphatic rings. The predicted octanol–water partition coefficient (Wildman–Crippen LogP) is 4.26. The van der Waals surface area contributed by atoms with Crippen molar-refractivity contribution in [2.75, 3.05) is 0 Å². The van der Waals surface area contributed by atoms with E-state index in [1.165, 1.54) is 11.8 Å². The molecule has 144 valence electrons. The van der Waals surface area contributed by atoms with Gasteiger partial charge in [0.25, 0.3) is 0 Å². The minimum Gasteiger partial charge on any atom is -0.459 e. The van der Waals surface area contributed by atoms with Gasteiger partial charge in [-0.25, -0.2) is 5.43 Å². The van der Waals surface area contributed by atoms with Crippen LogP contribution in [0.15, 0.2) is 88.7 Å². The summed E-state index contributed by atoms with van der Waals surface area (Å²) in [5, 5.41) is 8.83. The normalized spacial score (nSPS) is 11.1. The quantitative estimate of drug-likeness (QED) is 0.399. The van der Waals surface area contributed by atoms with Gasteiger partial charge in [-0.1, -0.05) is 60.2 Å².